The molecule has 1 amide bonds. The van der Waals surface area contributed by atoms with Crippen molar-refractivity contribution in [1.29, 1.82) is 0 Å². The summed E-state index contributed by atoms with van der Waals surface area (Å²) in [6.07, 6.45) is 3.24. The van der Waals surface area contributed by atoms with E-state index < -0.39 is 9.84 Å². The molecular weight excluding hydrogens is 434 g/mol. The third-order valence-electron chi connectivity index (χ3n) is 5.48. The first-order chi connectivity index (χ1) is 15.7. The first-order valence-corrected chi connectivity index (χ1v) is 12.6. The summed E-state index contributed by atoms with van der Waals surface area (Å²) in [5.41, 5.74) is 3.28. The van der Waals surface area contributed by atoms with Gasteiger partial charge in [-0.15, -0.1) is 6.58 Å². The lowest BCUT2D eigenvalue weighted by molar-refractivity contribution is -0.134. The number of carbonyl (C=O) groups excluding carboxylic acids is 1. The highest BCUT2D eigenvalue weighted by molar-refractivity contribution is 7.90. The zero-order chi connectivity index (χ0) is 24.0. The van der Waals surface area contributed by atoms with Crippen LogP contribution in [0, 0.1) is 12.8 Å². The van der Waals surface area contributed by atoms with Crippen LogP contribution in [0.3, 0.4) is 0 Å². The lowest BCUT2D eigenvalue weighted by Crippen LogP contribution is -2.34. The second kappa shape index (κ2) is 10.6. The van der Waals surface area contributed by atoms with Crippen LogP contribution in [0.2, 0.25) is 0 Å². The number of hydrogen-bond donors (Lipinski definition) is 0. The Morgan fingerprint density at radius 2 is 1.79 bits per heavy atom. The Bertz CT molecular complexity index is 1210. The first kappa shape index (κ1) is 24.5. The van der Waals surface area contributed by atoms with Gasteiger partial charge in [0.1, 0.15) is 0 Å². The van der Waals surface area contributed by atoms with Crippen LogP contribution in [0.4, 0.5) is 0 Å². The predicted molar refractivity (Wildman–Crippen MR) is 130 cm³/mol. The molecule has 0 aliphatic heterocycles. The molecule has 0 radical (unpaired) electrons. The monoisotopic (exact) mass is 465 g/mol. The highest BCUT2D eigenvalue weighted by Gasteiger charge is 2.26. The largest absolute Gasteiger partial charge is 0.333 e. The zero-order valence-corrected chi connectivity index (χ0v) is 20.3. The number of carbonyl (C=O) groups is 1. The molecule has 33 heavy (non-hydrogen) atoms. The standard InChI is InChI=1S/C26H31N3O3S/c1-5-15-28(25(30)20(2)3)18-24-16-27-26(29(24)17-22-12-7-6-8-13-22)33(31,32)19-23-14-10-9-11-21(23)4/h5-14,16,20H,1,15,17-19H2,2-4H3. The number of aromatic nitrogens is 2. The molecule has 0 aliphatic rings. The summed E-state index contributed by atoms with van der Waals surface area (Å²) < 4.78 is 28.6. The summed E-state index contributed by atoms with van der Waals surface area (Å²) in [6.45, 7) is 10.3. The number of hydrogen-bond acceptors (Lipinski definition) is 4. The molecule has 3 aromatic rings. The zero-order valence-electron chi connectivity index (χ0n) is 19.4. The van der Waals surface area contributed by atoms with Gasteiger partial charge < -0.3 is 9.47 Å². The van der Waals surface area contributed by atoms with E-state index in [9.17, 15) is 13.2 Å². The molecule has 0 N–H and O–H groups in total. The molecule has 0 bridgehead atoms. The van der Waals surface area contributed by atoms with E-state index in [-0.39, 0.29) is 29.3 Å². The second-order valence-electron chi connectivity index (χ2n) is 8.45. The van der Waals surface area contributed by atoms with E-state index in [4.69, 9.17) is 0 Å². The van der Waals surface area contributed by atoms with Gasteiger partial charge in [0.2, 0.25) is 20.9 Å². The smallest absolute Gasteiger partial charge is 0.228 e. The maximum absolute atomic E-state index is 13.5. The van der Waals surface area contributed by atoms with Gasteiger partial charge >= 0.3 is 0 Å². The maximum Gasteiger partial charge on any atom is 0.228 e. The summed E-state index contributed by atoms with van der Waals surface area (Å²) in [5, 5.41) is 0.0140. The van der Waals surface area contributed by atoms with Gasteiger partial charge in [0.15, 0.2) is 0 Å². The summed E-state index contributed by atoms with van der Waals surface area (Å²) in [5.74, 6) is -0.335. The number of imidazole rings is 1. The van der Waals surface area contributed by atoms with Crippen LogP contribution in [0.15, 0.2) is 78.6 Å². The summed E-state index contributed by atoms with van der Waals surface area (Å²) in [7, 11) is -3.72. The highest BCUT2D eigenvalue weighted by Crippen LogP contribution is 2.22. The van der Waals surface area contributed by atoms with E-state index in [1.54, 1.807) is 21.7 Å². The normalized spacial score (nSPS) is 11.5. The number of aryl methyl sites for hydroxylation is 1. The van der Waals surface area contributed by atoms with E-state index in [1.165, 1.54) is 0 Å². The van der Waals surface area contributed by atoms with Gasteiger partial charge in [0, 0.05) is 12.5 Å². The minimum absolute atomic E-state index is 0.0140. The van der Waals surface area contributed by atoms with Crippen molar-refractivity contribution in [2.45, 2.75) is 44.8 Å². The Labute approximate surface area is 196 Å². The van der Waals surface area contributed by atoms with Gasteiger partial charge in [-0.1, -0.05) is 74.5 Å². The van der Waals surface area contributed by atoms with E-state index >= 15 is 0 Å². The number of nitrogens with zero attached hydrogens (tertiary/aromatic N) is 3. The third-order valence-corrected chi connectivity index (χ3v) is 7.05. The predicted octanol–water partition coefficient (Wildman–Crippen LogP) is 4.38. The van der Waals surface area contributed by atoms with Crippen LogP contribution in [0.25, 0.3) is 0 Å². The van der Waals surface area contributed by atoms with Gasteiger partial charge in [-0.25, -0.2) is 13.4 Å². The highest BCUT2D eigenvalue weighted by atomic mass is 32.2. The lowest BCUT2D eigenvalue weighted by atomic mass is 10.1. The van der Waals surface area contributed by atoms with Crippen LogP contribution in [-0.4, -0.2) is 35.3 Å². The average Bonchev–Trinajstić information content (AvgIpc) is 3.18. The van der Waals surface area contributed by atoms with Crippen molar-refractivity contribution in [3.8, 4) is 0 Å². The Morgan fingerprint density at radius 1 is 1.12 bits per heavy atom. The number of benzene rings is 2. The van der Waals surface area contributed by atoms with Crippen molar-refractivity contribution < 1.29 is 13.2 Å². The van der Waals surface area contributed by atoms with Crippen LogP contribution in [-0.2, 0) is 33.5 Å². The quantitative estimate of drug-likeness (QED) is 0.417. The Kier molecular flexibility index (Phi) is 7.87. The summed E-state index contributed by atoms with van der Waals surface area (Å²) >= 11 is 0. The van der Waals surface area contributed by atoms with Gasteiger partial charge in [-0.05, 0) is 23.6 Å². The molecule has 0 saturated heterocycles. The number of rotatable bonds is 10. The molecule has 6 nitrogen and oxygen atoms in total. The number of sulfone groups is 1. The maximum atomic E-state index is 13.5. The van der Waals surface area contributed by atoms with Gasteiger partial charge in [0.05, 0.1) is 30.7 Å². The molecule has 3 rings (SSSR count). The molecule has 0 aliphatic carbocycles. The Hall–Kier alpha value is -3.19. The molecule has 0 unspecified atom stereocenters. The fraction of sp³-hybridized carbons (Fsp3) is 0.308. The molecule has 1 heterocycles. The Morgan fingerprint density at radius 3 is 2.42 bits per heavy atom. The molecule has 1 aromatic heterocycles. The van der Waals surface area contributed by atoms with Crippen LogP contribution >= 0.6 is 0 Å². The molecule has 174 valence electrons. The molecule has 2 aromatic carbocycles. The van der Waals surface area contributed by atoms with Crippen molar-refractivity contribution in [3.63, 3.8) is 0 Å². The van der Waals surface area contributed by atoms with Gasteiger partial charge in [-0.3, -0.25) is 4.79 Å². The molecule has 0 atom stereocenters. The first-order valence-electron chi connectivity index (χ1n) is 11.0. The second-order valence-corrected chi connectivity index (χ2v) is 10.3. The van der Waals surface area contributed by atoms with E-state index in [2.05, 4.69) is 11.6 Å². The lowest BCUT2D eigenvalue weighted by Gasteiger charge is -2.24. The fourth-order valence-electron chi connectivity index (χ4n) is 3.69. The third kappa shape index (κ3) is 5.99. The Balaban J connectivity index is 2.03. The topological polar surface area (TPSA) is 72.3 Å². The van der Waals surface area contributed by atoms with E-state index in [1.807, 2.05) is 75.4 Å². The van der Waals surface area contributed by atoms with Crippen molar-refractivity contribution in [3.05, 3.63) is 95.8 Å². The fourth-order valence-corrected chi connectivity index (χ4v) is 5.29. The van der Waals surface area contributed by atoms with Crippen LogP contribution in [0.1, 0.15) is 36.2 Å². The molecule has 0 fully saturated rings. The van der Waals surface area contributed by atoms with E-state index in [0.29, 0.717) is 18.8 Å². The van der Waals surface area contributed by atoms with Crippen molar-refractivity contribution in [2.75, 3.05) is 6.54 Å². The summed E-state index contributed by atoms with van der Waals surface area (Å²) in [6, 6.07) is 17.1. The molecule has 0 spiro atoms. The van der Waals surface area contributed by atoms with Crippen LogP contribution < -0.4 is 0 Å². The SMILES string of the molecule is C=CCN(Cc1cnc(S(=O)(=O)Cc2ccccc2C)n1Cc1ccccc1)C(=O)C(C)C. The molecular formula is C26H31N3O3S. The minimum Gasteiger partial charge on any atom is -0.333 e. The molecule has 7 heteroatoms. The van der Waals surface area contributed by atoms with Crippen molar-refractivity contribution in [1.82, 2.24) is 14.5 Å². The minimum atomic E-state index is -3.72. The summed E-state index contributed by atoms with van der Waals surface area (Å²) in [4.78, 5) is 18.7. The van der Waals surface area contributed by atoms with E-state index in [0.717, 1.165) is 16.7 Å². The van der Waals surface area contributed by atoms with Crippen molar-refractivity contribution in [2.24, 2.45) is 5.92 Å². The molecule has 0 saturated carbocycles. The van der Waals surface area contributed by atoms with Gasteiger partial charge in [0.25, 0.3) is 0 Å². The average molecular weight is 466 g/mol. The van der Waals surface area contributed by atoms with Crippen molar-refractivity contribution >= 4 is 15.7 Å². The van der Waals surface area contributed by atoms with Crippen LogP contribution in [0.5, 0.6) is 0 Å². The number of amides is 1. The van der Waals surface area contributed by atoms with Gasteiger partial charge in [-0.2, -0.15) is 0 Å².